The van der Waals surface area contributed by atoms with E-state index in [1.54, 1.807) is 30.3 Å². The number of nitrogens with zero attached hydrogens (tertiary/aromatic N) is 1. The molecule has 1 N–H and O–H groups in total. The summed E-state index contributed by atoms with van der Waals surface area (Å²) in [6.07, 6.45) is 0. The highest BCUT2D eigenvalue weighted by Gasteiger charge is 2.29. The van der Waals surface area contributed by atoms with Crippen molar-refractivity contribution < 1.29 is 22.7 Å². The number of ether oxygens (including phenoxy) is 2. The number of benzene rings is 3. The SMILES string of the molecule is COc1ccc(C)cc1N(CC(=O)NCCOc1ccc(C)cc1)S(=O)(=O)c1ccccc1. The molecule has 33 heavy (non-hydrogen) atoms. The largest absolute Gasteiger partial charge is 0.495 e. The molecule has 174 valence electrons. The molecule has 0 aliphatic carbocycles. The van der Waals surface area contributed by atoms with E-state index < -0.39 is 22.5 Å². The zero-order valence-electron chi connectivity index (χ0n) is 18.9. The Balaban J connectivity index is 1.76. The summed E-state index contributed by atoms with van der Waals surface area (Å²) in [4.78, 5) is 12.8. The first-order valence-electron chi connectivity index (χ1n) is 10.5. The molecule has 0 aliphatic heterocycles. The van der Waals surface area contributed by atoms with Crippen LogP contribution < -0.4 is 19.1 Å². The van der Waals surface area contributed by atoms with Crippen molar-refractivity contribution in [3.63, 3.8) is 0 Å². The predicted molar refractivity (Wildman–Crippen MR) is 128 cm³/mol. The van der Waals surface area contributed by atoms with Crippen molar-refractivity contribution in [1.29, 1.82) is 0 Å². The molecule has 0 bridgehead atoms. The summed E-state index contributed by atoms with van der Waals surface area (Å²) < 4.78 is 39.0. The number of amides is 1. The molecular formula is C25H28N2O5S. The molecule has 3 aromatic rings. The second-order valence-electron chi connectivity index (χ2n) is 7.51. The lowest BCUT2D eigenvalue weighted by Gasteiger charge is -2.26. The second kappa shape index (κ2) is 10.9. The van der Waals surface area contributed by atoms with Crippen molar-refractivity contribution in [2.24, 2.45) is 0 Å². The van der Waals surface area contributed by atoms with E-state index in [0.29, 0.717) is 17.2 Å². The standard InChI is InChI=1S/C25H28N2O5S/c1-19-9-12-21(13-10-19)32-16-15-26-25(28)18-27(23-17-20(2)11-14-24(23)31-3)33(29,30)22-7-5-4-6-8-22/h4-14,17H,15-16,18H2,1-3H3,(H,26,28). The minimum absolute atomic E-state index is 0.0871. The minimum atomic E-state index is -4.01. The molecule has 0 spiro atoms. The van der Waals surface area contributed by atoms with Gasteiger partial charge in [-0.05, 0) is 55.8 Å². The third kappa shape index (κ3) is 6.26. The average Bonchev–Trinajstić information content (AvgIpc) is 2.82. The van der Waals surface area contributed by atoms with E-state index >= 15 is 0 Å². The maximum atomic E-state index is 13.5. The van der Waals surface area contributed by atoms with E-state index in [9.17, 15) is 13.2 Å². The third-order valence-electron chi connectivity index (χ3n) is 4.94. The highest BCUT2D eigenvalue weighted by Crippen LogP contribution is 2.33. The second-order valence-corrected chi connectivity index (χ2v) is 9.37. The quantitative estimate of drug-likeness (QED) is 0.459. The maximum Gasteiger partial charge on any atom is 0.264 e. The molecule has 0 atom stereocenters. The van der Waals surface area contributed by atoms with Gasteiger partial charge in [-0.1, -0.05) is 42.0 Å². The summed E-state index contributed by atoms with van der Waals surface area (Å²) >= 11 is 0. The van der Waals surface area contributed by atoms with Gasteiger partial charge in [0.2, 0.25) is 5.91 Å². The number of rotatable bonds is 10. The van der Waals surface area contributed by atoms with Crippen molar-refractivity contribution in [3.8, 4) is 11.5 Å². The highest BCUT2D eigenvalue weighted by molar-refractivity contribution is 7.92. The van der Waals surface area contributed by atoms with Gasteiger partial charge >= 0.3 is 0 Å². The molecule has 0 aromatic heterocycles. The fourth-order valence-corrected chi connectivity index (χ4v) is 4.64. The summed E-state index contributed by atoms with van der Waals surface area (Å²) in [5.41, 5.74) is 2.26. The third-order valence-corrected chi connectivity index (χ3v) is 6.71. The lowest BCUT2D eigenvalue weighted by Crippen LogP contribution is -2.42. The number of aryl methyl sites for hydroxylation is 2. The van der Waals surface area contributed by atoms with Crippen molar-refractivity contribution in [2.45, 2.75) is 18.7 Å². The first-order chi connectivity index (χ1) is 15.8. The Labute approximate surface area is 195 Å². The number of methoxy groups -OCH3 is 1. The van der Waals surface area contributed by atoms with Crippen LogP contribution in [0.4, 0.5) is 5.69 Å². The van der Waals surface area contributed by atoms with Gasteiger partial charge in [0, 0.05) is 0 Å². The molecule has 0 aliphatic rings. The van der Waals surface area contributed by atoms with Gasteiger partial charge in [-0.15, -0.1) is 0 Å². The molecule has 0 saturated carbocycles. The fraction of sp³-hybridized carbons (Fsp3) is 0.240. The van der Waals surface area contributed by atoms with Crippen LogP contribution in [-0.4, -0.2) is 41.1 Å². The van der Waals surface area contributed by atoms with E-state index in [-0.39, 0.29) is 18.0 Å². The Morgan fingerprint density at radius 3 is 2.27 bits per heavy atom. The fourth-order valence-electron chi connectivity index (χ4n) is 3.19. The van der Waals surface area contributed by atoms with Crippen LogP contribution in [0.5, 0.6) is 11.5 Å². The van der Waals surface area contributed by atoms with Crippen LogP contribution in [0.2, 0.25) is 0 Å². The number of carbonyl (C=O) groups is 1. The summed E-state index contributed by atoms with van der Waals surface area (Å²) in [5.74, 6) is 0.605. The van der Waals surface area contributed by atoms with E-state index in [1.807, 2.05) is 44.2 Å². The highest BCUT2D eigenvalue weighted by atomic mass is 32.2. The predicted octanol–water partition coefficient (Wildman–Crippen LogP) is 3.70. The van der Waals surface area contributed by atoms with Crippen molar-refractivity contribution >= 4 is 21.6 Å². The Kier molecular flexibility index (Phi) is 7.95. The first kappa shape index (κ1) is 24.1. The van der Waals surface area contributed by atoms with Gasteiger partial charge in [0.1, 0.15) is 24.7 Å². The molecule has 0 saturated heterocycles. The number of carbonyl (C=O) groups excluding carboxylic acids is 1. The number of hydrogen-bond donors (Lipinski definition) is 1. The lowest BCUT2D eigenvalue weighted by atomic mass is 10.2. The molecule has 0 heterocycles. The van der Waals surface area contributed by atoms with Gasteiger partial charge in [-0.2, -0.15) is 0 Å². The average molecular weight is 469 g/mol. The van der Waals surface area contributed by atoms with Crippen molar-refractivity contribution in [1.82, 2.24) is 5.32 Å². The molecule has 1 amide bonds. The number of sulfonamides is 1. The van der Waals surface area contributed by atoms with Gasteiger partial charge in [0.05, 0.1) is 24.2 Å². The number of anilines is 1. The summed E-state index contributed by atoms with van der Waals surface area (Å²) in [5, 5.41) is 2.73. The summed E-state index contributed by atoms with van der Waals surface area (Å²) in [6.45, 7) is 3.92. The zero-order valence-corrected chi connectivity index (χ0v) is 19.8. The normalized spacial score (nSPS) is 11.0. The van der Waals surface area contributed by atoms with Gasteiger partial charge in [0.25, 0.3) is 10.0 Å². The van der Waals surface area contributed by atoms with Crippen molar-refractivity contribution in [3.05, 3.63) is 83.9 Å². The zero-order chi connectivity index (χ0) is 23.8. The summed E-state index contributed by atoms with van der Waals surface area (Å²) in [6, 6.07) is 20.8. The van der Waals surface area contributed by atoms with Crippen LogP contribution in [0, 0.1) is 13.8 Å². The molecule has 3 aromatic carbocycles. The Morgan fingerprint density at radius 2 is 1.61 bits per heavy atom. The molecular weight excluding hydrogens is 440 g/mol. The van der Waals surface area contributed by atoms with E-state index in [4.69, 9.17) is 9.47 Å². The number of nitrogens with one attached hydrogen (secondary N) is 1. The smallest absolute Gasteiger partial charge is 0.264 e. The monoisotopic (exact) mass is 468 g/mol. The van der Waals surface area contributed by atoms with E-state index in [0.717, 1.165) is 15.4 Å². The Hall–Kier alpha value is -3.52. The van der Waals surface area contributed by atoms with Gasteiger partial charge in [0.15, 0.2) is 0 Å². The summed E-state index contributed by atoms with van der Waals surface area (Å²) in [7, 11) is -2.55. The van der Waals surface area contributed by atoms with Crippen LogP contribution in [-0.2, 0) is 14.8 Å². The maximum absolute atomic E-state index is 13.5. The van der Waals surface area contributed by atoms with Crippen LogP contribution >= 0.6 is 0 Å². The molecule has 8 heteroatoms. The lowest BCUT2D eigenvalue weighted by molar-refractivity contribution is -0.119. The van der Waals surface area contributed by atoms with Gasteiger partial charge in [-0.25, -0.2) is 8.42 Å². The van der Waals surface area contributed by atoms with Crippen LogP contribution in [0.25, 0.3) is 0 Å². The van der Waals surface area contributed by atoms with Crippen LogP contribution in [0.15, 0.2) is 77.7 Å². The Morgan fingerprint density at radius 1 is 0.939 bits per heavy atom. The Bertz CT molecular complexity index is 1180. The molecule has 0 radical (unpaired) electrons. The minimum Gasteiger partial charge on any atom is -0.495 e. The molecule has 3 rings (SSSR count). The first-order valence-corrected chi connectivity index (χ1v) is 11.9. The molecule has 0 unspecified atom stereocenters. The van der Waals surface area contributed by atoms with E-state index in [1.165, 1.54) is 19.2 Å². The van der Waals surface area contributed by atoms with Gasteiger partial charge < -0.3 is 14.8 Å². The topological polar surface area (TPSA) is 84.9 Å². The van der Waals surface area contributed by atoms with Crippen molar-refractivity contribution in [2.75, 3.05) is 31.1 Å². The van der Waals surface area contributed by atoms with Crippen LogP contribution in [0.3, 0.4) is 0 Å². The molecule has 7 nitrogen and oxygen atoms in total. The van der Waals surface area contributed by atoms with E-state index in [2.05, 4.69) is 5.32 Å². The molecule has 0 fully saturated rings. The number of hydrogen-bond acceptors (Lipinski definition) is 5. The van der Waals surface area contributed by atoms with Crippen LogP contribution in [0.1, 0.15) is 11.1 Å². The van der Waals surface area contributed by atoms with Gasteiger partial charge in [-0.3, -0.25) is 9.10 Å².